The average molecular weight is 280 g/mol. The van der Waals surface area contributed by atoms with Gasteiger partial charge in [-0.25, -0.2) is 10.4 Å². The molecule has 0 spiro atoms. The summed E-state index contributed by atoms with van der Waals surface area (Å²) in [6.07, 6.45) is 11.7. The SMILES string of the molecule is [CH-]1CCCC2CCCNNNN(CC1)CC2.[Mn]. The molecule has 0 aromatic rings. The van der Waals surface area contributed by atoms with Crippen LogP contribution in [0.1, 0.15) is 44.9 Å². The van der Waals surface area contributed by atoms with Crippen LogP contribution in [0.4, 0.5) is 0 Å². The molecule has 0 aliphatic carbocycles. The summed E-state index contributed by atoms with van der Waals surface area (Å²) in [5.41, 5.74) is 9.53. The van der Waals surface area contributed by atoms with Gasteiger partial charge < -0.3 is 6.42 Å². The molecule has 2 aliphatic rings. The van der Waals surface area contributed by atoms with E-state index in [4.69, 9.17) is 0 Å². The third-order valence-electron chi connectivity index (χ3n) is 3.65. The van der Waals surface area contributed by atoms with Gasteiger partial charge in [0.2, 0.25) is 0 Å². The summed E-state index contributed by atoms with van der Waals surface area (Å²) in [4.78, 5) is 0. The van der Waals surface area contributed by atoms with Crippen molar-refractivity contribution in [3.63, 3.8) is 0 Å². The molecule has 2 saturated heterocycles. The molecular formula is C12H25MnN4-. The van der Waals surface area contributed by atoms with Crippen molar-refractivity contribution in [1.82, 2.24) is 21.5 Å². The predicted molar refractivity (Wildman–Crippen MR) is 66.0 cm³/mol. The monoisotopic (exact) mass is 280 g/mol. The van der Waals surface area contributed by atoms with Gasteiger partial charge in [-0.05, 0) is 31.7 Å². The van der Waals surface area contributed by atoms with Gasteiger partial charge >= 0.3 is 0 Å². The zero-order valence-corrected chi connectivity index (χ0v) is 11.7. The largest absolute Gasteiger partial charge is 0.327 e. The van der Waals surface area contributed by atoms with Gasteiger partial charge in [0.25, 0.3) is 0 Å². The first kappa shape index (κ1) is 15.4. The molecule has 101 valence electrons. The molecule has 0 saturated carbocycles. The summed E-state index contributed by atoms with van der Waals surface area (Å²) in [7, 11) is 0. The summed E-state index contributed by atoms with van der Waals surface area (Å²) in [5, 5.41) is 2.30. The van der Waals surface area contributed by atoms with Crippen LogP contribution in [-0.2, 0) is 17.1 Å². The minimum absolute atomic E-state index is 0. The van der Waals surface area contributed by atoms with Crippen LogP contribution in [0, 0.1) is 12.3 Å². The van der Waals surface area contributed by atoms with Crippen LogP contribution < -0.4 is 16.5 Å². The third kappa shape index (κ3) is 6.18. The first-order valence-electron chi connectivity index (χ1n) is 6.75. The van der Waals surface area contributed by atoms with Crippen LogP contribution >= 0.6 is 0 Å². The summed E-state index contributed by atoms with van der Waals surface area (Å²) in [6.45, 7) is 3.33. The van der Waals surface area contributed by atoms with Gasteiger partial charge in [0.05, 0.1) is 0 Å². The molecule has 5 heteroatoms. The molecule has 1 radical (unpaired) electrons. The Balaban J connectivity index is 0.00000144. The number of hydrazine groups is 3. The first-order chi connectivity index (χ1) is 7.95. The summed E-state index contributed by atoms with van der Waals surface area (Å²) >= 11 is 0. The van der Waals surface area contributed by atoms with Gasteiger partial charge in [-0.3, -0.25) is 0 Å². The fraction of sp³-hybridized carbons (Fsp3) is 0.917. The van der Waals surface area contributed by atoms with E-state index in [0.717, 1.165) is 25.6 Å². The normalized spacial score (nSPS) is 32.5. The van der Waals surface area contributed by atoms with Gasteiger partial charge in [-0.1, -0.05) is 12.8 Å². The minimum atomic E-state index is 0. The van der Waals surface area contributed by atoms with E-state index in [1.165, 1.54) is 44.9 Å². The Morgan fingerprint density at radius 2 is 1.88 bits per heavy atom. The summed E-state index contributed by atoms with van der Waals surface area (Å²) in [5.74, 6) is 0.927. The standard InChI is InChI=1S/C12H25N4.Mn/c1-2-4-10-16-11-8-12(6-3-1)7-5-9-13-14-15-16;/h2,12-15H,1,3-11H2;/q-1;. The number of hydrogen-bond acceptors (Lipinski definition) is 4. The van der Waals surface area contributed by atoms with Crippen LogP contribution in [0.2, 0.25) is 0 Å². The number of nitrogens with one attached hydrogen (secondary N) is 3. The van der Waals surface area contributed by atoms with Crippen molar-refractivity contribution in [1.29, 1.82) is 0 Å². The van der Waals surface area contributed by atoms with E-state index in [-0.39, 0.29) is 17.1 Å². The van der Waals surface area contributed by atoms with Crippen LogP contribution in [0.3, 0.4) is 0 Å². The topological polar surface area (TPSA) is 39.3 Å². The zero-order valence-electron chi connectivity index (χ0n) is 10.6. The minimum Gasteiger partial charge on any atom is -0.327 e. The van der Waals surface area contributed by atoms with Crippen LogP contribution in [0.25, 0.3) is 0 Å². The Bertz CT molecular complexity index is 155. The zero-order chi connectivity index (χ0) is 11.1. The second kappa shape index (κ2) is 9.31. The molecule has 2 heterocycles. The number of nitrogens with zero attached hydrogens (tertiary/aromatic N) is 1. The smallest absolute Gasteiger partial charge is 0.0146 e. The summed E-state index contributed by atoms with van der Waals surface area (Å²) in [6, 6.07) is 0. The van der Waals surface area contributed by atoms with Gasteiger partial charge in [-0.2, -0.15) is 23.9 Å². The Morgan fingerprint density at radius 1 is 1.00 bits per heavy atom. The maximum Gasteiger partial charge on any atom is 0.0146 e. The number of rotatable bonds is 0. The second-order valence-electron chi connectivity index (χ2n) is 4.96. The van der Waals surface area contributed by atoms with Crippen LogP contribution in [0.5, 0.6) is 0 Å². The molecule has 0 aromatic heterocycles. The second-order valence-corrected chi connectivity index (χ2v) is 4.96. The molecule has 2 rings (SSSR count). The van der Waals surface area contributed by atoms with E-state index < -0.39 is 0 Å². The molecule has 2 fully saturated rings. The van der Waals surface area contributed by atoms with Crippen molar-refractivity contribution in [2.45, 2.75) is 44.9 Å². The van der Waals surface area contributed by atoms with E-state index in [9.17, 15) is 0 Å². The molecule has 2 bridgehead atoms. The molecule has 17 heavy (non-hydrogen) atoms. The number of fused-ring (bicyclic) bond motifs is 3. The van der Waals surface area contributed by atoms with E-state index in [2.05, 4.69) is 27.9 Å². The Kier molecular flexibility index (Phi) is 8.44. The first-order valence-corrected chi connectivity index (χ1v) is 6.75. The summed E-state index contributed by atoms with van der Waals surface area (Å²) < 4.78 is 0. The fourth-order valence-corrected chi connectivity index (χ4v) is 2.60. The molecule has 2 atom stereocenters. The molecule has 2 aliphatic heterocycles. The average Bonchev–Trinajstić information content (AvgIpc) is 2.33. The fourth-order valence-electron chi connectivity index (χ4n) is 2.60. The van der Waals surface area contributed by atoms with Crippen molar-refractivity contribution in [3.8, 4) is 0 Å². The Morgan fingerprint density at radius 3 is 2.82 bits per heavy atom. The van der Waals surface area contributed by atoms with Gasteiger partial charge in [-0.15, -0.1) is 0 Å². The Labute approximate surface area is 116 Å². The van der Waals surface area contributed by atoms with Crippen molar-refractivity contribution < 1.29 is 17.1 Å². The molecule has 0 amide bonds. The molecule has 0 aromatic carbocycles. The van der Waals surface area contributed by atoms with Gasteiger partial charge in [0, 0.05) is 30.2 Å². The molecular weight excluding hydrogens is 255 g/mol. The van der Waals surface area contributed by atoms with Crippen LogP contribution in [0.15, 0.2) is 0 Å². The third-order valence-corrected chi connectivity index (χ3v) is 3.65. The van der Waals surface area contributed by atoms with Crippen molar-refractivity contribution in [3.05, 3.63) is 6.42 Å². The van der Waals surface area contributed by atoms with Crippen molar-refractivity contribution in [2.75, 3.05) is 19.6 Å². The van der Waals surface area contributed by atoms with E-state index >= 15 is 0 Å². The van der Waals surface area contributed by atoms with E-state index in [1.54, 1.807) is 0 Å². The molecule has 3 N–H and O–H groups in total. The molecule has 4 nitrogen and oxygen atoms in total. The quantitative estimate of drug-likeness (QED) is 0.463. The van der Waals surface area contributed by atoms with Crippen molar-refractivity contribution >= 4 is 0 Å². The number of hydrogen-bond donors (Lipinski definition) is 3. The van der Waals surface area contributed by atoms with Gasteiger partial charge in [0.1, 0.15) is 0 Å². The van der Waals surface area contributed by atoms with Crippen LogP contribution in [-0.4, -0.2) is 24.6 Å². The maximum atomic E-state index is 3.25. The van der Waals surface area contributed by atoms with Crippen molar-refractivity contribution in [2.24, 2.45) is 5.92 Å². The van der Waals surface area contributed by atoms with Gasteiger partial charge in [0.15, 0.2) is 0 Å². The maximum absolute atomic E-state index is 3.25. The molecule has 2 unspecified atom stereocenters. The Hall–Kier alpha value is 0.359. The van der Waals surface area contributed by atoms with E-state index in [1.807, 2.05) is 0 Å². The predicted octanol–water partition coefficient (Wildman–Crippen LogP) is 1.38. The van der Waals surface area contributed by atoms with E-state index in [0.29, 0.717) is 0 Å².